The van der Waals surface area contributed by atoms with E-state index >= 15 is 4.39 Å². The Morgan fingerprint density at radius 3 is 2.51 bits per heavy atom. The summed E-state index contributed by atoms with van der Waals surface area (Å²) in [6.07, 6.45) is 3.70. The van der Waals surface area contributed by atoms with Gasteiger partial charge in [-0.25, -0.2) is 36.5 Å². The predicted octanol–water partition coefficient (Wildman–Crippen LogP) is 3.58. The molecule has 45 heavy (non-hydrogen) atoms. The van der Waals surface area contributed by atoms with E-state index in [4.69, 9.17) is 0 Å². The molecule has 14 heteroatoms. The van der Waals surface area contributed by atoms with Crippen molar-refractivity contribution in [1.82, 2.24) is 24.4 Å². The molecule has 0 N–H and O–H groups in total. The fourth-order valence-corrected chi connectivity index (χ4v) is 7.28. The molecule has 6 rings (SSSR count). The summed E-state index contributed by atoms with van der Waals surface area (Å²) >= 11 is 0. The molecule has 1 aromatic carbocycles. The second-order valence-electron chi connectivity index (χ2n) is 11.3. The lowest BCUT2D eigenvalue weighted by molar-refractivity contribution is -0.126. The van der Waals surface area contributed by atoms with Crippen LogP contribution in [-0.2, 0) is 14.8 Å². The number of carbonyl (C=O) groups excluding carboxylic acids is 1. The summed E-state index contributed by atoms with van der Waals surface area (Å²) in [5.74, 6) is -1.68. The fraction of sp³-hybridized carbons (Fsp3) is 0.323. The number of hydrogen-bond acceptors (Lipinski definition) is 8. The number of sulfonamides is 1. The van der Waals surface area contributed by atoms with Crippen molar-refractivity contribution in [2.24, 2.45) is 0 Å². The summed E-state index contributed by atoms with van der Waals surface area (Å²) in [4.78, 5) is 43.1. The van der Waals surface area contributed by atoms with Crippen molar-refractivity contribution in [3.8, 4) is 16.9 Å². The van der Waals surface area contributed by atoms with Crippen LogP contribution < -0.4 is 14.9 Å². The third kappa shape index (κ3) is 5.22. The summed E-state index contributed by atoms with van der Waals surface area (Å²) in [6, 6.07) is 8.02. The Hall–Kier alpha value is -4.72. The van der Waals surface area contributed by atoms with E-state index in [1.807, 2.05) is 6.92 Å². The molecule has 1 amide bonds. The van der Waals surface area contributed by atoms with Gasteiger partial charge in [-0.1, -0.05) is 18.7 Å². The zero-order chi connectivity index (χ0) is 32.2. The molecule has 234 valence electrons. The molecule has 1 aliphatic carbocycles. The minimum absolute atomic E-state index is 0.0247. The number of hydrogen-bond donors (Lipinski definition) is 0. The normalized spacial score (nSPS) is 17.0. The van der Waals surface area contributed by atoms with E-state index in [1.165, 1.54) is 37.5 Å². The smallest absolute Gasteiger partial charge is 0.350 e. The first-order chi connectivity index (χ1) is 21.4. The minimum Gasteiger partial charge on any atom is -0.350 e. The molecule has 4 aromatic rings. The molecule has 0 unspecified atom stereocenters. The van der Waals surface area contributed by atoms with Crippen LogP contribution in [0.4, 0.5) is 20.4 Å². The highest BCUT2D eigenvalue weighted by molar-refractivity contribution is 7.93. The monoisotopic (exact) mass is 635 g/mol. The number of fused-ring (bicyclic) bond motifs is 1. The number of aromatic nitrogens is 4. The van der Waals surface area contributed by atoms with Crippen molar-refractivity contribution in [1.29, 1.82) is 0 Å². The average Bonchev–Trinajstić information content (AvgIpc) is 3.87. The molecule has 2 aliphatic rings. The van der Waals surface area contributed by atoms with Crippen LogP contribution in [0.1, 0.15) is 25.3 Å². The van der Waals surface area contributed by atoms with E-state index < -0.39 is 32.6 Å². The Labute approximate surface area is 258 Å². The summed E-state index contributed by atoms with van der Waals surface area (Å²) in [6.45, 7) is 7.97. The molecular formula is C31H31F2N7O4S. The van der Waals surface area contributed by atoms with E-state index in [0.29, 0.717) is 31.5 Å². The van der Waals surface area contributed by atoms with Gasteiger partial charge in [0.05, 0.1) is 16.3 Å². The molecule has 3 aromatic heterocycles. The Kier molecular flexibility index (Phi) is 7.63. The van der Waals surface area contributed by atoms with E-state index in [2.05, 4.69) is 21.5 Å². The lowest BCUT2D eigenvalue weighted by Gasteiger charge is -2.40. The molecule has 2 fully saturated rings. The van der Waals surface area contributed by atoms with Gasteiger partial charge in [0.2, 0.25) is 15.9 Å². The first-order valence-corrected chi connectivity index (χ1v) is 15.9. The number of carbonyl (C=O) groups is 1. The van der Waals surface area contributed by atoms with Crippen LogP contribution in [0.5, 0.6) is 0 Å². The van der Waals surface area contributed by atoms with Crippen LogP contribution >= 0.6 is 0 Å². The van der Waals surface area contributed by atoms with Crippen molar-refractivity contribution in [3.63, 3.8) is 0 Å². The first kappa shape index (κ1) is 30.3. The third-order valence-electron chi connectivity index (χ3n) is 8.27. The molecule has 4 heterocycles. The van der Waals surface area contributed by atoms with E-state index in [1.54, 1.807) is 28.9 Å². The lowest BCUT2D eigenvalue weighted by Crippen LogP contribution is -2.54. The first-order valence-electron chi connectivity index (χ1n) is 14.4. The molecule has 0 radical (unpaired) electrons. The number of anilines is 2. The lowest BCUT2D eigenvalue weighted by atomic mass is 10.1. The molecule has 1 saturated carbocycles. The van der Waals surface area contributed by atoms with Crippen molar-refractivity contribution in [2.45, 2.75) is 38.0 Å². The molecular weight excluding hydrogens is 604 g/mol. The number of aryl methyl sites for hydroxylation is 1. The quantitative estimate of drug-likeness (QED) is 0.283. The maximum absolute atomic E-state index is 15.9. The third-order valence-corrected chi connectivity index (χ3v) is 10.5. The molecule has 1 aliphatic heterocycles. The largest absolute Gasteiger partial charge is 0.355 e. The van der Waals surface area contributed by atoms with Gasteiger partial charge in [-0.2, -0.15) is 4.98 Å². The van der Waals surface area contributed by atoms with Gasteiger partial charge in [0, 0.05) is 44.5 Å². The molecule has 0 bridgehead atoms. The van der Waals surface area contributed by atoms with Crippen LogP contribution in [0.3, 0.4) is 0 Å². The zero-order valence-corrected chi connectivity index (χ0v) is 25.8. The molecule has 1 saturated heterocycles. The average molecular weight is 636 g/mol. The standard InChI is InChI=1S/C31H31F2N7O4S/c1-5-25(41)38-14-15-39(19(3)17-38)28-22-16-24(33)26(21-8-6-7-9-23(21)32)35-29(22)40(31(42)36-28)27-18(2)12-13-34-30(27)37(4)45(43,44)20-10-11-20/h5-9,12-13,16,19-20H,1,10-11,14-15,17H2,2-4H3/t19-/m0/s1. The van der Waals surface area contributed by atoms with E-state index in [-0.39, 0.29) is 58.1 Å². The maximum Gasteiger partial charge on any atom is 0.355 e. The van der Waals surface area contributed by atoms with Crippen LogP contribution in [0.25, 0.3) is 28.0 Å². The van der Waals surface area contributed by atoms with Crippen LogP contribution in [0.15, 0.2) is 60.0 Å². The number of piperazine rings is 1. The van der Waals surface area contributed by atoms with Gasteiger partial charge in [0.25, 0.3) is 0 Å². The van der Waals surface area contributed by atoms with Crippen LogP contribution in [0, 0.1) is 18.6 Å². The Balaban J connectivity index is 1.63. The highest BCUT2D eigenvalue weighted by Crippen LogP contribution is 2.37. The van der Waals surface area contributed by atoms with Gasteiger partial charge in [0.1, 0.15) is 23.1 Å². The summed E-state index contributed by atoms with van der Waals surface area (Å²) in [5.41, 5.74) is -0.734. The van der Waals surface area contributed by atoms with Crippen molar-refractivity contribution >= 4 is 38.6 Å². The van der Waals surface area contributed by atoms with E-state index in [9.17, 15) is 22.4 Å². The Morgan fingerprint density at radius 2 is 1.84 bits per heavy atom. The molecule has 11 nitrogen and oxygen atoms in total. The van der Waals surface area contributed by atoms with Gasteiger partial charge in [-0.05, 0) is 62.6 Å². The highest BCUT2D eigenvalue weighted by atomic mass is 32.2. The topological polar surface area (TPSA) is 122 Å². The number of nitrogens with zero attached hydrogens (tertiary/aromatic N) is 7. The van der Waals surface area contributed by atoms with Gasteiger partial charge in [0.15, 0.2) is 11.5 Å². The van der Waals surface area contributed by atoms with Crippen LogP contribution in [0.2, 0.25) is 0 Å². The maximum atomic E-state index is 15.9. The Bertz CT molecular complexity index is 2030. The molecule has 1 atom stereocenters. The van der Waals surface area contributed by atoms with E-state index in [0.717, 1.165) is 14.9 Å². The van der Waals surface area contributed by atoms with Crippen molar-refractivity contribution in [2.75, 3.05) is 35.9 Å². The van der Waals surface area contributed by atoms with Crippen LogP contribution in [-0.4, -0.2) is 76.7 Å². The summed E-state index contributed by atoms with van der Waals surface area (Å²) in [5, 5.41) is -0.413. The SMILES string of the molecule is C=CC(=O)N1CCN(c2nc(=O)n(-c3c(C)ccnc3N(C)S(=O)(=O)C3CC3)c3nc(-c4ccccc4F)c(F)cc23)[C@@H](C)C1. The fourth-order valence-electron chi connectivity index (χ4n) is 5.72. The van der Waals surface area contributed by atoms with Gasteiger partial charge >= 0.3 is 5.69 Å². The van der Waals surface area contributed by atoms with Crippen molar-refractivity contribution < 1.29 is 22.0 Å². The van der Waals surface area contributed by atoms with Gasteiger partial charge < -0.3 is 9.80 Å². The zero-order valence-electron chi connectivity index (χ0n) is 24.9. The minimum atomic E-state index is -3.79. The summed E-state index contributed by atoms with van der Waals surface area (Å²) < 4.78 is 59.6. The second kappa shape index (κ2) is 11.3. The highest BCUT2D eigenvalue weighted by Gasteiger charge is 2.40. The number of amides is 1. The second-order valence-corrected chi connectivity index (χ2v) is 13.5. The Morgan fingerprint density at radius 1 is 1.11 bits per heavy atom. The predicted molar refractivity (Wildman–Crippen MR) is 167 cm³/mol. The number of benzene rings is 1. The number of rotatable bonds is 7. The van der Waals surface area contributed by atoms with Gasteiger partial charge in [-0.15, -0.1) is 0 Å². The number of pyridine rings is 2. The van der Waals surface area contributed by atoms with Crippen molar-refractivity contribution in [3.05, 3.63) is 82.9 Å². The molecule has 0 spiro atoms. The van der Waals surface area contributed by atoms with Gasteiger partial charge in [-0.3, -0.25) is 9.10 Å². The summed E-state index contributed by atoms with van der Waals surface area (Å²) in [7, 11) is -2.41. The number of halogens is 2.